The number of fused-ring (bicyclic) bond motifs is 1. The van der Waals surface area contributed by atoms with Crippen LogP contribution in [-0.2, 0) is 21.2 Å². The summed E-state index contributed by atoms with van der Waals surface area (Å²) in [6, 6.07) is 15.0. The Balaban J connectivity index is 1.55. The number of nitrogens with zero attached hydrogens (tertiary/aromatic N) is 2. The number of ether oxygens (including phenoxy) is 2. The Labute approximate surface area is 189 Å². The molecule has 2 unspecified atom stereocenters. The Morgan fingerprint density at radius 2 is 1.72 bits per heavy atom. The van der Waals surface area contributed by atoms with Crippen LogP contribution in [0.4, 0.5) is 5.69 Å². The van der Waals surface area contributed by atoms with E-state index in [2.05, 4.69) is 18.7 Å². The summed E-state index contributed by atoms with van der Waals surface area (Å²) in [5.41, 5.74) is 2.08. The number of sulfone groups is 1. The smallest absolute Gasteiger partial charge is 0.267 e. The van der Waals surface area contributed by atoms with Crippen molar-refractivity contribution in [3.05, 3.63) is 54.1 Å². The molecular weight excluding hydrogens is 428 g/mol. The average Bonchev–Trinajstić information content (AvgIpc) is 3.17. The minimum atomic E-state index is -3.14. The standard InChI is InChI=1S/C24H30N2O5S/c1-3-25(4-2)19-11-9-18(10-12-19)15-26(20-13-14-32(28,29)17-20)24(27)23-16-30-21-7-5-6-8-22(21)31-23/h5-12,20,23H,3-4,13-17H2,1-2H3. The van der Waals surface area contributed by atoms with Crippen LogP contribution >= 0.6 is 0 Å². The number of rotatable bonds is 7. The van der Waals surface area contributed by atoms with Gasteiger partial charge in [0.2, 0.25) is 6.10 Å². The molecule has 0 saturated carbocycles. The van der Waals surface area contributed by atoms with Crippen molar-refractivity contribution in [1.82, 2.24) is 4.90 Å². The molecule has 2 heterocycles. The lowest BCUT2D eigenvalue weighted by atomic mass is 10.1. The number of carbonyl (C=O) groups is 1. The zero-order chi connectivity index (χ0) is 22.7. The second-order valence-electron chi connectivity index (χ2n) is 8.23. The maximum absolute atomic E-state index is 13.5. The molecule has 0 radical (unpaired) electrons. The summed E-state index contributed by atoms with van der Waals surface area (Å²) in [7, 11) is -3.14. The number of carbonyl (C=O) groups excluding carboxylic acids is 1. The number of anilines is 1. The molecule has 0 aliphatic carbocycles. The largest absolute Gasteiger partial charge is 0.485 e. The summed E-state index contributed by atoms with van der Waals surface area (Å²) in [6.45, 7) is 6.50. The maximum Gasteiger partial charge on any atom is 0.267 e. The van der Waals surface area contributed by atoms with Gasteiger partial charge in [0, 0.05) is 31.4 Å². The molecule has 2 aromatic rings. The van der Waals surface area contributed by atoms with Crippen LogP contribution in [0.2, 0.25) is 0 Å². The molecule has 1 amide bonds. The van der Waals surface area contributed by atoms with E-state index in [4.69, 9.17) is 9.47 Å². The predicted octanol–water partition coefficient (Wildman–Crippen LogP) is 2.89. The van der Waals surface area contributed by atoms with Gasteiger partial charge in [0.15, 0.2) is 21.3 Å². The highest BCUT2D eigenvalue weighted by Gasteiger charge is 2.39. The quantitative estimate of drug-likeness (QED) is 0.635. The second kappa shape index (κ2) is 9.40. The number of hydrogen-bond donors (Lipinski definition) is 0. The summed E-state index contributed by atoms with van der Waals surface area (Å²) >= 11 is 0. The van der Waals surface area contributed by atoms with Crippen LogP contribution in [0.3, 0.4) is 0 Å². The first-order chi connectivity index (χ1) is 15.4. The molecule has 8 heteroatoms. The fraction of sp³-hybridized carbons (Fsp3) is 0.458. The molecule has 32 heavy (non-hydrogen) atoms. The van der Waals surface area contributed by atoms with Crippen LogP contribution in [0.1, 0.15) is 25.8 Å². The third-order valence-electron chi connectivity index (χ3n) is 6.13. The minimum absolute atomic E-state index is 0.0135. The van der Waals surface area contributed by atoms with Crippen LogP contribution < -0.4 is 14.4 Å². The number of hydrogen-bond acceptors (Lipinski definition) is 6. The van der Waals surface area contributed by atoms with Gasteiger partial charge < -0.3 is 19.3 Å². The van der Waals surface area contributed by atoms with Crippen molar-refractivity contribution in [1.29, 1.82) is 0 Å². The molecule has 0 N–H and O–H groups in total. The Morgan fingerprint density at radius 1 is 1.03 bits per heavy atom. The van der Waals surface area contributed by atoms with E-state index >= 15 is 0 Å². The molecule has 0 aromatic heterocycles. The van der Waals surface area contributed by atoms with Gasteiger partial charge in [-0.2, -0.15) is 0 Å². The van der Waals surface area contributed by atoms with Crippen molar-refractivity contribution in [2.45, 2.75) is 39.0 Å². The lowest BCUT2D eigenvalue weighted by molar-refractivity contribution is -0.143. The molecule has 172 valence electrons. The Bertz CT molecular complexity index is 1050. The number of benzene rings is 2. The van der Waals surface area contributed by atoms with Crippen LogP contribution in [0.5, 0.6) is 11.5 Å². The van der Waals surface area contributed by atoms with E-state index < -0.39 is 15.9 Å². The van der Waals surface area contributed by atoms with Gasteiger partial charge >= 0.3 is 0 Å². The zero-order valence-corrected chi connectivity index (χ0v) is 19.4. The average molecular weight is 459 g/mol. The predicted molar refractivity (Wildman–Crippen MR) is 124 cm³/mol. The van der Waals surface area contributed by atoms with Gasteiger partial charge in [-0.15, -0.1) is 0 Å². The van der Waals surface area contributed by atoms with Gasteiger partial charge in [-0.3, -0.25) is 4.79 Å². The summed E-state index contributed by atoms with van der Waals surface area (Å²) in [4.78, 5) is 17.4. The van der Waals surface area contributed by atoms with Crippen LogP contribution in [0.25, 0.3) is 0 Å². The summed E-state index contributed by atoms with van der Waals surface area (Å²) in [5.74, 6) is 0.987. The SMILES string of the molecule is CCN(CC)c1ccc(CN(C(=O)C2COc3ccccc3O2)C2CCS(=O)(=O)C2)cc1. The minimum Gasteiger partial charge on any atom is -0.485 e. The Morgan fingerprint density at radius 3 is 2.34 bits per heavy atom. The first-order valence-corrected chi connectivity index (χ1v) is 13.0. The third kappa shape index (κ3) is 4.85. The molecule has 2 atom stereocenters. The third-order valence-corrected chi connectivity index (χ3v) is 7.88. The van der Waals surface area contributed by atoms with Crippen molar-refractivity contribution in [3.8, 4) is 11.5 Å². The number of amides is 1. The molecule has 0 bridgehead atoms. The monoisotopic (exact) mass is 458 g/mol. The van der Waals surface area contributed by atoms with E-state index in [-0.39, 0.29) is 30.1 Å². The van der Waals surface area contributed by atoms with Gasteiger partial charge in [0.25, 0.3) is 5.91 Å². The number of para-hydroxylation sites is 2. The molecule has 7 nitrogen and oxygen atoms in total. The van der Waals surface area contributed by atoms with Crippen molar-refractivity contribution >= 4 is 21.4 Å². The highest BCUT2D eigenvalue weighted by atomic mass is 32.2. The second-order valence-corrected chi connectivity index (χ2v) is 10.5. The van der Waals surface area contributed by atoms with Crippen molar-refractivity contribution in [2.75, 3.05) is 36.1 Å². The van der Waals surface area contributed by atoms with E-state index in [9.17, 15) is 13.2 Å². The van der Waals surface area contributed by atoms with E-state index in [1.165, 1.54) is 0 Å². The summed E-state index contributed by atoms with van der Waals surface area (Å²) < 4.78 is 36.0. The first kappa shape index (κ1) is 22.5. The van der Waals surface area contributed by atoms with Gasteiger partial charge in [-0.25, -0.2) is 8.42 Å². The lowest BCUT2D eigenvalue weighted by Gasteiger charge is -2.34. The summed E-state index contributed by atoms with van der Waals surface area (Å²) in [5, 5.41) is 0. The molecule has 2 aliphatic rings. The maximum atomic E-state index is 13.5. The lowest BCUT2D eigenvalue weighted by Crippen LogP contribution is -2.50. The van der Waals surface area contributed by atoms with Crippen LogP contribution in [0.15, 0.2) is 48.5 Å². The fourth-order valence-corrected chi connectivity index (χ4v) is 6.06. The molecule has 0 spiro atoms. The van der Waals surface area contributed by atoms with E-state index in [1.54, 1.807) is 17.0 Å². The Hall–Kier alpha value is -2.74. The summed E-state index contributed by atoms with van der Waals surface area (Å²) in [6.07, 6.45) is -0.362. The normalized spacial score (nSPS) is 21.2. The molecule has 4 rings (SSSR count). The van der Waals surface area contributed by atoms with Crippen molar-refractivity contribution in [3.63, 3.8) is 0 Å². The van der Waals surface area contributed by atoms with E-state index in [0.717, 1.165) is 24.3 Å². The van der Waals surface area contributed by atoms with Gasteiger partial charge in [0.1, 0.15) is 6.61 Å². The van der Waals surface area contributed by atoms with Crippen molar-refractivity contribution in [2.24, 2.45) is 0 Å². The highest BCUT2D eigenvalue weighted by molar-refractivity contribution is 7.91. The van der Waals surface area contributed by atoms with Crippen molar-refractivity contribution < 1.29 is 22.7 Å². The van der Waals surface area contributed by atoms with E-state index in [0.29, 0.717) is 24.5 Å². The van der Waals surface area contributed by atoms with Crippen LogP contribution in [0, 0.1) is 0 Å². The van der Waals surface area contributed by atoms with Gasteiger partial charge in [-0.05, 0) is 50.1 Å². The highest BCUT2D eigenvalue weighted by Crippen LogP contribution is 2.32. The molecule has 2 aromatic carbocycles. The Kier molecular flexibility index (Phi) is 6.60. The zero-order valence-electron chi connectivity index (χ0n) is 18.6. The molecular formula is C24H30N2O5S. The molecule has 2 aliphatic heterocycles. The van der Waals surface area contributed by atoms with E-state index in [1.807, 2.05) is 36.4 Å². The molecule has 1 fully saturated rings. The first-order valence-electron chi connectivity index (χ1n) is 11.1. The van der Waals surface area contributed by atoms with Crippen LogP contribution in [-0.4, -0.2) is 62.6 Å². The van der Waals surface area contributed by atoms with Gasteiger partial charge in [-0.1, -0.05) is 24.3 Å². The fourth-order valence-electron chi connectivity index (χ4n) is 4.33. The topological polar surface area (TPSA) is 76.2 Å². The van der Waals surface area contributed by atoms with Gasteiger partial charge in [0.05, 0.1) is 11.5 Å². The molecule has 1 saturated heterocycles.